The van der Waals surface area contributed by atoms with E-state index in [4.69, 9.17) is 5.73 Å². The Morgan fingerprint density at radius 1 is 1.40 bits per heavy atom. The summed E-state index contributed by atoms with van der Waals surface area (Å²) in [5, 5.41) is 0. The SMILES string of the molecule is Cc1sc(C(CN)N2CCC(C(C)(C)C)CC2)cc1Br. The summed E-state index contributed by atoms with van der Waals surface area (Å²) in [6.45, 7) is 12.3. The molecule has 2 N–H and O–H groups in total. The van der Waals surface area contributed by atoms with Gasteiger partial charge in [0.1, 0.15) is 0 Å². The van der Waals surface area contributed by atoms with Crippen LogP contribution in [0.1, 0.15) is 49.4 Å². The van der Waals surface area contributed by atoms with Crippen LogP contribution in [-0.2, 0) is 0 Å². The predicted molar refractivity (Wildman–Crippen MR) is 92.3 cm³/mol. The molecule has 1 fully saturated rings. The maximum absolute atomic E-state index is 6.07. The van der Waals surface area contributed by atoms with E-state index in [9.17, 15) is 0 Å². The van der Waals surface area contributed by atoms with Crippen molar-refractivity contribution in [2.75, 3.05) is 19.6 Å². The van der Waals surface area contributed by atoms with Crippen molar-refractivity contribution < 1.29 is 0 Å². The summed E-state index contributed by atoms with van der Waals surface area (Å²) in [4.78, 5) is 5.34. The lowest BCUT2D eigenvalue weighted by molar-refractivity contribution is 0.0857. The first kappa shape index (κ1) is 16.5. The minimum Gasteiger partial charge on any atom is -0.329 e. The average Bonchev–Trinajstić information content (AvgIpc) is 2.70. The summed E-state index contributed by atoms with van der Waals surface area (Å²) in [5.41, 5.74) is 6.50. The largest absolute Gasteiger partial charge is 0.329 e. The van der Waals surface area contributed by atoms with Gasteiger partial charge in [0.15, 0.2) is 0 Å². The van der Waals surface area contributed by atoms with Gasteiger partial charge in [-0.25, -0.2) is 0 Å². The molecule has 1 aromatic heterocycles. The molecule has 4 heteroatoms. The first-order chi connectivity index (χ1) is 9.32. The van der Waals surface area contributed by atoms with Gasteiger partial charge < -0.3 is 5.73 Å². The van der Waals surface area contributed by atoms with Crippen LogP contribution in [-0.4, -0.2) is 24.5 Å². The second-order valence-electron chi connectivity index (χ2n) is 6.98. The summed E-state index contributed by atoms with van der Waals surface area (Å²) in [6.07, 6.45) is 2.59. The second kappa shape index (κ2) is 6.47. The number of hydrogen-bond acceptors (Lipinski definition) is 3. The van der Waals surface area contributed by atoms with E-state index in [1.54, 1.807) is 0 Å². The Labute approximate surface area is 135 Å². The minimum absolute atomic E-state index is 0.394. The number of nitrogens with zero attached hydrogens (tertiary/aromatic N) is 1. The van der Waals surface area contributed by atoms with Crippen molar-refractivity contribution in [2.24, 2.45) is 17.1 Å². The van der Waals surface area contributed by atoms with Gasteiger partial charge in [0.25, 0.3) is 0 Å². The van der Waals surface area contributed by atoms with Gasteiger partial charge in [0, 0.05) is 20.8 Å². The second-order valence-corrected chi connectivity index (χ2v) is 9.12. The molecule has 0 aromatic carbocycles. The normalized spacial score (nSPS) is 20.3. The molecule has 0 spiro atoms. The van der Waals surface area contributed by atoms with Crippen molar-refractivity contribution in [1.29, 1.82) is 0 Å². The van der Waals surface area contributed by atoms with Crippen molar-refractivity contribution in [3.8, 4) is 0 Å². The van der Waals surface area contributed by atoms with E-state index in [0.717, 1.165) is 5.92 Å². The van der Waals surface area contributed by atoms with Crippen molar-refractivity contribution in [1.82, 2.24) is 4.90 Å². The molecule has 1 unspecified atom stereocenters. The zero-order valence-electron chi connectivity index (χ0n) is 13.1. The van der Waals surface area contributed by atoms with Crippen LogP contribution in [0.2, 0.25) is 0 Å². The highest BCUT2D eigenvalue weighted by Gasteiger charge is 2.31. The summed E-state index contributed by atoms with van der Waals surface area (Å²) < 4.78 is 1.22. The van der Waals surface area contributed by atoms with Crippen LogP contribution >= 0.6 is 27.3 Å². The van der Waals surface area contributed by atoms with Gasteiger partial charge in [0.2, 0.25) is 0 Å². The molecule has 20 heavy (non-hydrogen) atoms. The van der Waals surface area contributed by atoms with E-state index in [0.29, 0.717) is 18.0 Å². The van der Waals surface area contributed by atoms with Crippen LogP contribution in [0.25, 0.3) is 0 Å². The molecule has 114 valence electrons. The topological polar surface area (TPSA) is 29.3 Å². The van der Waals surface area contributed by atoms with Crippen LogP contribution in [0, 0.1) is 18.3 Å². The number of nitrogens with two attached hydrogens (primary N) is 1. The van der Waals surface area contributed by atoms with Gasteiger partial charge in [-0.05, 0) is 66.2 Å². The molecule has 1 atom stereocenters. The quantitative estimate of drug-likeness (QED) is 0.856. The van der Waals surface area contributed by atoms with Crippen molar-refractivity contribution in [3.05, 3.63) is 20.3 Å². The molecule has 2 heterocycles. The van der Waals surface area contributed by atoms with E-state index < -0.39 is 0 Å². The third kappa shape index (κ3) is 3.65. The summed E-state index contributed by atoms with van der Waals surface area (Å²) >= 11 is 5.50. The highest BCUT2D eigenvalue weighted by Crippen LogP contribution is 2.38. The van der Waals surface area contributed by atoms with Crippen molar-refractivity contribution in [3.63, 3.8) is 0 Å². The fourth-order valence-electron chi connectivity index (χ4n) is 3.17. The molecular weight excluding hydrogens is 332 g/mol. The zero-order valence-corrected chi connectivity index (χ0v) is 15.5. The van der Waals surface area contributed by atoms with Crippen molar-refractivity contribution >= 4 is 27.3 Å². The van der Waals surface area contributed by atoms with Gasteiger partial charge in [-0.1, -0.05) is 20.8 Å². The molecule has 2 nitrogen and oxygen atoms in total. The number of hydrogen-bond donors (Lipinski definition) is 1. The number of rotatable bonds is 3. The smallest absolute Gasteiger partial charge is 0.0564 e. The molecule has 1 aromatic rings. The van der Waals surface area contributed by atoms with Crippen molar-refractivity contribution in [2.45, 2.75) is 46.6 Å². The number of aryl methyl sites for hydroxylation is 1. The van der Waals surface area contributed by atoms with E-state index in [1.807, 2.05) is 11.3 Å². The number of thiophene rings is 1. The van der Waals surface area contributed by atoms with Gasteiger partial charge in [-0.3, -0.25) is 4.90 Å². The highest BCUT2D eigenvalue weighted by atomic mass is 79.9. The van der Waals surface area contributed by atoms with E-state index in [2.05, 4.69) is 54.6 Å². The molecule has 0 radical (unpaired) electrons. The fourth-order valence-corrected chi connectivity index (χ4v) is 4.88. The minimum atomic E-state index is 0.394. The Kier molecular flexibility index (Phi) is 5.33. The van der Waals surface area contributed by atoms with E-state index in [-0.39, 0.29) is 0 Å². The maximum atomic E-state index is 6.07. The lowest BCUT2D eigenvalue weighted by Gasteiger charge is -2.41. The van der Waals surface area contributed by atoms with Crippen LogP contribution in [0.5, 0.6) is 0 Å². The van der Waals surface area contributed by atoms with Crippen LogP contribution in [0.3, 0.4) is 0 Å². The molecule has 0 amide bonds. The molecule has 1 aliphatic heterocycles. The molecule has 1 saturated heterocycles. The van der Waals surface area contributed by atoms with E-state index in [1.165, 1.54) is 40.2 Å². The third-order valence-corrected chi connectivity index (χ3v) is 6.86. The molecule has 0 bridgehead atoms. The molecule has 2 rings (SSSR count). The Hall–Kier alpha value is 0.100. The van der Waals surface area contributed by atoms with Crippen LogP contribution in [0.15, 0.2) is 10.5 Å². The van der Waals surface area contributed by atoms with Gasteiger partial charge >= 0.3 is 0 Å². The lowest BCUT2D eigenvalue weighted by Crippen LogP contribution is -2.42. The zero-order chi connectivity index (χ0) is 14.9. The summed E-state index contributed by atoms with van der Waals surface area (Å²) in [7, 11) is 0. The predicted octanol–water partition coefficient (Wildman–Crippen LogP) is 4.58. The molecular formula is C16H27BrN2S. The van der Waals surface area contributed by atoms with Gasteiger partial charge in [-0.2, -0.15) is 0 Å². The average molecular weight is 359 g/mol. The number of piperidine rings is 1. The Balaban J connectivity index is 2.04. The van der Waals surface area contributed by atoms with Crippen LogP contribution < -0.4 is 5.73 Å². The third-order valence-electron chi connectivity index (χ3n) is 4.62. The molecule has 0 saturated carbocycles. The highest BCUT2D eigenvalue weighted by molar-refractivity contribution is 9.10. The van der Waals surface area contributed by atoms with Crippen LogP contribution in [0.4, 0.5) is 0 Å². The Morgan fingerprint density at radius 3 is 2.40 bits per heavy atom. The maximum Gasteiger partial charge on any atom is 0.0564 e. The van der Waals surface area contributed by atoms with Gasteiger partial charge in [0.05, 0.1) is 6.04 Å². The molecule has 0 aliphatic carbocycles. The standard InChI is InChI=1S/C16H27BrN2S/c1-11-13(17)9-15(20-11)14(10-18)19-7-5-12(6-8-19)16(2,3)4/h9,12,14H,5-8,10,18H2,1-4H3. The molecule has 1 aliphatic rings. The fraction of sp³-hybridized carbons (Fsp3) is 0.750. The number of likely N-dealkylation sites (tertiary alicyclic amines) is 1. The first-order valence-corrected chi connectivity index (χ1v) is 9.14. The monoisotopic (exact) mass is 358 g/mol. The summed E-state index contributed by atoms with van der Waals surface area (Å²) in [6, 6.07) is 2.65. The Bertz CT molecular complexity index is 422. The summed E-state index contributed by atoms with van der Waals surface area (Å²) in [5.74, 6) is 0.842. The number of halogens is 1. The van der Waals surface area contributed by atoms with Gasteiger partial charge in [-0.15, -0.1) is 11.3 Å². The first-order valence-electron chi connectivity index (χ1n) is 7.53. The Morgan fingerprint density at radius 2 is 2.00 bits per heavy atom. The lowest BCUT2D eigenvalue weighted by atomic mass is 9.75. The van der Waals surface area contributed by atoms with E-state index >= 15 is 0 Å².